The number of aromatic nitrogens is 1. The van der Waals surface area contributed by atoms with Crippen molar-refractivity contribution >= 4 is 11.8 Å². The molecule has 1 rings (SSSR count). The number of ketones is 1. The molecule has 0 fully saturated rings. The summed E-state index contributed by atoms with van der Waals surface area (Å²) in [4.78, 5) is 21.1. The Balaban J connectivity index is 2.59. The van der Waals surface area contributed by atoms with Crippen molar-refractivity contribution < 1.29 is 14.7 Å². The maximum Gasteiger partial charge on any atom is 0.305 e. The van der Waals surface area contributed by atoms with Gasteiger partial charge in [-0.25, -0.2) is 0 Å². The number of carboxylic acids is 1. The molecule has 0 amide bonds. The fourth-order valence-corrected chi connectivity index (χ4v) is 1.01. The number of aliphatic carboxylic acids is 1. The smallest absolute Gasteiger partial charge is 0.305 e. The van der Waals surface area contributed by atoms with Gasteiger partial charge < -0.3 is 9.67 Å². The van der Waals surface area contributed by atoms with Crippen LogP contribution in [0.15, 0.2) is 18.5 Å². The highest BCUT2D eigenvalue weighted by atomic mass is 16.4. The van der Waals surface area contributed by atoms with Crippen LogP contribution in [0.1, 0.15) is 23.7 Å². The Morgan fingerprint density at radius 1 is 1.54 bits per heavy atom. The van der Waals surface area contributed by atoms with Crippen LogP contribution < -0.4 is 0 Å². The first kappa shape index (κ1) is 9.51. The minimum absolute atomic E-state index is 0.00549. The van der Waals surface area contributed by atoms with Crippen molar-refractivity contribution in [3.8, 4) is 0 Å². The number of carboxylic acid groups (broad SMARTS) is 1. The van der Waals surface area contributed by atoms with Gasteiger partial charge in [0, 0.05) is 24.5 Å². The van der Waals surface area contributed by atoms with E-state index in [9.17, 15) is 9.59 Å². The van der Waals surface area contributed by atoms with Crippen LogP contribution in [-0.4, -0.2) is 21.4 Å². The van der Waals surface area contributed by atoms with Crippen LogP contribution in [-0.2, 0) is 11.3 Å². The van der Waals surface area contributed by atoms with Gasteiger partial charge in [0.05, 0.1) is 6.42 Å². The number of hydrogen-bond acceptors (Lipinski definition) is 2. The fraction of sp³-hybridized carbons (Fsp3) is 0.333. The molecule has 0 unspecified atom stereocenters. The van der Waals surface area contributed by atoms with Crippen molar-refractivity contribution in [1.82, 2.24) is 4.57 Å². The first-order chi connectivity index (χ1) is 6.09. The van der Waals surface area contributed by atoms with Gasteiger partial charge in [-0.2, -0.15) is 0 Å². The molecule has 0 radical (unpaired) electrons. The molecule has 13 heavy (non-hydrogen) atoms. The Labute approximate surface area is 75.8 Å². The van der Waals surface area contributed by atoms with Crippen molar-refractivity contribution in [2.45, 2.75) is 19.9 Å². The monoisotopic (exact) mass is 181 g/mol. The highest BCUT2D eigenvalue weighted by molar-refractivity contribution is 5.93. The fourth-order valence-electron chi connectivity index (χ4n) is 1.01. The molecule has 4 heteroatoms. The van der Waals surface area contributed by atoms with Crippen LogP contribution in [0.3, 0.4) is 0 Å². The first-order valence-corrected chi connectivity index (χ1v) is 3.98. The van der Waals surface area contributed by atoms with E-state index in [2.05, 4.69) is 0 Å². The number of Topliss-reactive ketones (excluding diaryl/α,β-unsaturated/α-hetero) is 1. The predicted octanol–water partition coefficient (Wildman–Crippen LogP) is 1.17. The molecule has 0 spiro atoms. The zero-order valence-corrected chi connectivity index (χ0v) is 7.36. The first-order valence-electron chi connectivity index (χ1n) is 3.98. The third kappa shape index (κ3) is 2.74. The summed E-state index contributed by atoms with van der Waals surface area (Å²) in [7, 11) is 0. The molecule has 0 aliphatic carbocycles. The predicted molar refractivity (Wildman–Crippen MR) is 46.7 cm³/mol. The van der Waals surface area contributed by atoms with Crippen LogP contribution in [0, 0.1) is 0 Å². The van der Waals surface area contributed by atoms with Crippen LogP contribution in [0.25, 0.3) is 0 Å². The van der Waals surface area contributed by atoms with Gasteiger partial charge in [0.1, 0.15) is 0 Å². The summed E-state index contributed by atoms with van der Waals surface area (Å²) < 4.78 is 1.70. The lowest BCUT2D eigenvalue weighted by molar-refractivity contribution is -0.137. The van der Waals surface area contributed by atoms with E-state index in [-0.39, 0.29) is 12.2 Å². The molecule has 0 saturated carbocycles. The molecule has 0 atom stereocenters. The number of hydrogen-bond donors (Lipinski definition) is 1. The van der Waals surface area contributed by atoms with Gasteiger partial charge in [0.15, 0.2) is 5.78 Å². The van der Waals surface area contributed by atoms with Crippen molar-refractivity contribution in [1.29, 1.82) is 0 Å². The number of rotatable bonds is 4. The standard InChI is InChI=1S/C9H11NO3/c1-7(11)8-2-4-10(6-8)5-3-9(12)13/h2,4,6H,3,5H2,1H3,(H,12,13). The van der Waals surface area contributed by atoms with Crippen molar-refractivity contribution in [2.75, 3.05) is 0 Å². The third-order valence-corrected chi connectivity index (χ3v) is 1.74. The molecule has 1 heterocycles. The topological polar surface area (TPSA) is 59.3 Å². The van der Waals surface area contributed by atoms with Crippen molar-refractivity contribution in [3.63, 3.8) is 0 Å². The number of aryl methyl sites for hydroxylation is 1. The van der Waals surface area contributed by atoms with E-state index in [0.717, 1.165) is 0 Å². The lowest BCUT2D eigenvalue weighted by Gasteiger charge is -1.97. The lowest BCUT2D eigenvalue weighted by atomic mass is 10.2. The summed E-state index contributed by atoms with van der Waals surface area (Å²) in [5.74, 6) is -0.841. The zero-order valence-electron chi connectivity index (χ0n) is 7.36. The second-order valence-electron chi connectivity index (χ2n) is 2.84. The van der Waals surface area contributed by atoms with E-state index in [1.165, 1.54) is 6.92 Å². The summed E-state index contributed by atoms with van der Waals surface area (Å²) >= 11 is 0. The Bertz CT molecular complexity index is 327. The van der Waals surface area contributed by atoms with Gasteiger partial charge in [-0.15, -0.1) is 0 Å². The molecule has 1 N–H and O–H groups in total. The van der Waals surface area contributed by atoms with Gasteiger partial charge >= 0.3 is 5.97 Å². The SMILES string of the molecule is CC(=O)c1ccn(CCC(=O)O)c1. The maximum atomic E-state index is 10.9. The van der Waals surface area contributed by atoms with Gasteiger partial charge in [-0.1, -0.05) is 0 Å². The largest absolute Gasteiger partial charge is 0.481 e. The average molecular weight is 181 g/mol. The summed E-state index contributed by atoms with van der Waals surface area (Å²) in [5, 5.41) is 8.41. The maximum absolute atomic E-state index is 10.9. The summed E-state index contributed by atoms with van der Waals surface area (Å²) in [6, 6.07) is 1.68. The Morgan fingerprint density at radius 2 is 2.23 bits per heavy atom. The highest BCUT2D eigenvalue weighted by Gasteiger charge is 2.02. The normalized spacial score (nSPS) is 9.92. The van der Waals surface area contributed by atoms with E-state index < -0.39 is 5.97 Å². The molecule has 1 aromatic heterocycles. The molecular formula is C9H11NO3. The Hall–Kier alpha value is -1.58. The average Bonchev–Trinajstić information content (AvgIpc) is 2.48. The summed E-state index contributed by atoms with van der Waals surface area (Å²) in [5.41, 5.74) is 0.616. The van der Waals surface area contributed by atoms with E-state index >= 15 is 0 Å². The Morgan fingerprint density at radius 3 is 2.69 bits per heavy atom. The van der Waals surface area contributed by atoms with Crippen LogP contribution in [0.5, 0.6) is 0 Å². The number of carbonyl (C=O) groups excluding carboxylic acids is 1. The van der Waals surface area contributed by atoms with Gasteiger partial charge in [-0.05, 0) is 13.0 Å². The Kier molecular flexibility index (Phi) is 2.84. The molecule has 0 bridgehead atoms. The van der Waals surface area contributed by atoms with Gasteiger partial charge in [-0.3, -0.25) is 9.59 Å². The van der Waals surface area contributed by atoms with Crippen molar-refractivity contribution in [3.05, 3.63) is 24.0 Å². The van der Waals surface area contributed by atoms with Crippen LogP contribution in [0.4, 0.5) is 0 Å². The van der Waals surface area contributed by atoms with E-state index in [0.29, 0.717) is 12.1 Å². The van der Waals surface area contributed by atoms with E-state index in [1.54, 1.807) is 23.0 Å². The molecule has 4 nitrogen and oxygen atoms in total. The summed E-state index contributed by atoms with van der Waals surface area (Å²) in [6.45, 7) is 1.89. The molecule has 0 aliphatic rings. The van der Waals surface area contributed by atoms with Crippen LogP contribution >= 0.6 is 0 Å². The van der Waals surface area contributed by atoms with Gasteiger partial charge in [0.2, 0.25) is 0 Å². The zero-order chi connectivity index (χ0) is 9.84. The molecule has 0 saturated heterocycles. The minimum atomic E-state index is -0.835. The third-order valence-electron chi connectivity index (χ3n) is 1.74. The number of nitrogens with zero attached hydrogens (tertiary/aromatic N) is 1. The molecule has 1 aromatic rings. The van der Waals surface area contributed by atoms with E-state index in [4.69, 9.17) is 5.11 Å². The minimum Gasteiger partial charge on any atom is -0.481 e. The molecule has 70 valence electrons. The second kappa shape index (κ2) is 3.89. The number of carbonyl (C=O) groups is 2. The molecular weight excluding hydrogens is 170 g/mol. The molecule has 0 aliphatic heterocycles. The summed E-state index contributed by atoms with van der Waals surface area (Å²) in [6.07, 6.45) is 3.44. The lowest BCUT2D eigenvalue weighted by Crippen LogP contribution is -2.02. The van der Waals surface area contributed by atoms with E-state index in [1.807, 2.05) is 0 Å². The highest BCUT2D eigenvalue weighted by Crippen LogP contribution is 2.02. The van der Waals surface area contributed by atoms with Crippen LogP contribution in [0.2, 0.25) is 0 Å². The van der Waals surface area contributed by atoms with Crippen molar-refractivity contribution in [2.24, 2.45) is 0 Å². The second-order valence-corrected chi connectivity index (χ2v) is 2.84. The van der Waals surface area contributed by atoms with Gasteiger partial charge in [0.25, 0.3) is 0 Å². The molecule has 0 aromatic carbocycles. The quantitative estimate of drug-likeness (QED) is 0.709.